The quantitative estimate of drug-likeness (QED) is 0.706. The van der Waals surface area contributed by atoms with Gasteiger partial charge in [0.15, 0.2) is 0 Å². The van der Waals surface area contributed by atoms with Gasteiger partial charge in [-0.2, -0.15) is 0 Å². The number of aromatic amines is 1. The van der Waals surface area contributed by atoms with E-state index in [-0.39, 0.29) is 18.6 Å². The second-order valence-corrected chi connectivity index (χ2v) is 6.36. The molecule has 1 aromatic carbocycles. The lowest BCUT2D eigenvalue weighted by Gasteiger charge is -2.19. The molecule has 2 aromatic rings. The van der Waals surface area contributed by atoms with Gasteiger partial charge < -0.3 is 25.1 Å². The molecule has 7 nitrogen and oxygen atoms in total. The van der Waals surface area contributed by atoms with Crippen LogP contribution in [0.25, 0.3) is 10.9 Å². The Morgan fingerprint density at radius 3 is 3.00 bits per heavy atom. The Morgan fingerprint density at radius 2 is 2.23 bits per heavy atom. The Balaban J connectivity index is 1.69. The number of benzene rings is 1. The van der Waals surface area contributed by atoms with Gasteiger partial charge in [0.2, 0.25) is 5.91 Å². The molecule has 2 heterocycles. The number of hydrogen-bond donors (Lipinski definition) is 3. The minimum Gasteiger partial charge on any atom is -0.450 e. The average Bonchev–Trinajstić information content (AvgIpc) is 3.29. The van der Waals surface area contributed by atoms with E-state index in [0.717, 1.165) is 35.9 Å². The van der Waals surface area contributed by atoms with Gasteiger partial charge in [0, 0.05) is 36.7 Å². The normalized spacial score (nSPS) is 17.8. The summed E-state index contributed by atoms with van der Waals surface area (Å²) in [5, 5.41) is 6.59. The van der Waals surface area contributed by atoms with Crippen molar-refractivity contribution in [2.75, 3.05) is 19.8 Å². The number of ether oxygens (including phenoxy) is 2. The number of para-hydroxylation sites is 1. The molecule has 0 aliphatic carbocycles. The highest BCUT2D eigenvalue weighted by atomic mass is 16.5. The zero-order valence-corrected chi connectivity index (χ0v) is 14.9. The van der Waals surface area contributed by atoms with Gasteiger partial charge in [0.05, 0.1) is 12.7 Å². The summed E-state index contributed by atoms with van der Waals surface area (Å²) in [6.07, 6.45) is 3.66. The number of carbonyl (C=O) groups excluding carboxylic acids is 2. The first-order valence-corrected chi connectivity index (χ1v) is 9.05. The van der Waals surface area contributed by atoms with E-state index in [1.54, 1.807) is 6.92 Å². The molecule has 2 atom stereocenters. The van der Waals surface area contributed by atoms with Crippen molar-refractivity contribution in [3.05, 3.63) is 36.0 Å². The zero-order chi connectivity index (χ0) is 18.4. The van der Waals surface area contributed by atoms with E-state index in [4.69, 9.17) is 9.47 Å². The molecule has 1 fully saturated rings. The van der Waals surface area contributed by atoms with Crippen molar-refractivity contribution in [2.45, 2.75) is 38.3 Å². The molecule has 7 heteroatoms. The van der Waals surface area contributed by atoms with Gasteiger partial charge in [-0.15, -0.1) is 0 Å². The predicted octanol–water partition coefficient (Wildman–Crippen LogP) is 2.12. The number of alkyl carbamates (subject to hydrolysis) is 1. The number of nitrogens with one attached hydrogen (secondary N) is 3. The summed E-state index contributed by atoms with van der Waals surface area (Å²) >= 11 is 0. The molecule has 1 aliphatic rings. The molecule has 0 spiro atoms. The highest BCUT2D eigenvalue weighted by Crippen LogP contribution is 2.19. The summed E-state index contributed by atoms with van der Waals surface area (Å²) in [5.41, 5.74) is 1.96. The van der Waals surface area contributed by atoms with Crippen LogP contribution in [-0.2, 0) is 20.7 Å². The molecule has 1 aliphatic heterocycles. The van der Waals surface area contributed by atoms with E-state index >= 15 is 0 Å². The van der Waals surface area contributed by atoms with E-state index in [9.17, 15) is 9.59 Å². The lowest BCUT2D eigenvalue weighted by molar-refractivity contribution is -0.123. The highest BCUT2D eigenvalue weighted by Gasteiger charge is 2.24. The van der Waals surface area contributed by atoms with Gasteiger partial charge in [-0.25, -0.2) is 4.79 Å². The SMILES string of the molecule is CCOC(=O)N[C@H](Cc1c[nH]c2ccccc12)C(=O)NC[C@@H]1CCCO1. The van der Waals surface area contributed by atoms with Gasteiger partial charge in [-0.05, 0) is 31.4 Å². The monoisotopic (exact) mass is 359 g/mol. The summed E-state index contributed by atoms with van der Waals surface area (Å²) in [6.45, 7) is 3.17. The number of amides is 2. The van der Waals surface area contributed by atoms with Gasteiger partial charge in [0.25, 0.3) is 0 Å². The van der Waals surface area contributed by atoms with Gasteiger partial charge in [0.1, 0.15) is 6.04 Å². The van der Waals surface area contributed by atoms with Gasteiger partial charge in [-0.3, -0.25) is 4.79 Å². The third kappa shape index (κ3) is 4.54. The van der Waals surface area contributed by atoms with Crippen LogP contribution >= 0.6 is 0 Å². The van der Waals surface area contributed by atoms with Crippen LogP contribution in [0, 0.1) is 0 Å². The lowest BCUT2D eigenvalue weighted by atomic mass is 10.0. The molecule has 1 aromatic heterocycles. The lowest BCUT2D eigenvalue weighted by Crippen LogP contribution is -2.49. The summed E-state index contributed by atoms with van der Waals surface area (Å²) in [6, 6.07) is 7.15. The number of aromatic nitrogens is 1. The maximum Gasteiger partial charge on any atom is 0.407 e. The molecule has 3 rings (SSSR count). The molecular weight excluding hydrogens is 334 g/mol. The number of carbonyl (C=O) groups is 2. The summed E-state index contributed by atoms with van der Waals surface area (Å²) in [5.74, 6) is -0.237. The molecule has 0 bridgehead atoms. The van der Waals surface area contributed by atoms with E-state index < -0.39 is 12.1 Å². The largest absolute Gasteiger partial charge is 0.450 e. The van der Waals surface area contributed by atoms with Crippen LogP contribution in [0.15, 0.2) is 30.5 Å². The van der Waals surface area contributed by atoms with Crippen LogP contribution in [0.1, 0.15) is 25.3 Å². The Morgan fingerprint density at radius 1 is 1.38 bits per heavy atom. The third-order valence-electron chi connectivity index (χ3n) is 4.51. The highest BCUT2D eigenvalue weighted by molar-refractivity contribution is 5.88. The molecule has 0 saturated carbocycles. The molecule has 0 unspecified atom stereocenters. The molecule has 3 N–H and O–H groups in total. The minimum absolute atomic E-state index is 0.0512. The summed E-state index contributed by atoms with van der Waals surface area (Å²) in [4.78, 5) is 27.7. The first-order valence-electron chi connectivity index (χ1n) is 9.05. The van der Waals surface area contributed by atoms with Crippen LogP contribution in [0.4, 0.5) is 4.79 Å². The predicted molar refractivity (Wildman–Crippen MR) is 97.9 cm³/mol. The topological polar surface area (TPSA) is 92.5 Å². The minimum atomic E-state index is -0.713. The van der Waals surface area contributed by atoms with Crippen molar-refractivity contribution in [1.82, 2.24) is 15.6 Å². The second kappa shape index (κ2) is 8.71. The standard InChI is InChI=1S/C19H25N3O4/c1-2-25-19(24)22-17(18(23)21-12-14-6-5-9-26-14)10-13-11-20-16-8-4-3-7-15(13)16/h3-4,7-8,11,14,17,20H,2,5-6,9-10,12H2,1H3,(H,21,23)(H,22,24)/t14-,17+/m0/s1. The van der Waals surface area contributed by atoms with E-state index in [2.05, 4.69) is 15.6 Å². The van der Waals surface area contributed by atoms with Crippen molar-refractivity contribution in [3.8, 4) is 0 Å². The maximum atomic E-state index is 12.7. The van der Waals surface area contributed by atoms with Crippen LogP contribution in [0.2, 0.25) is 0 Å². The maximum absolute atomic E-state index is 12.7. The van der Waals surface area contributed by atoms with Crippen molar-refractivity contribution < 1.29 is 19.1 Å². The Bertz CT molecular complexity index is 752. The molecule has 0 radical (unpaired) electrons. The number of hydrogen-bond acceptors (Lipinski definition) is 4. The van der Waals surface area contributed by atoms with Crippen LogP contribution in [0.3, 0.4) is 0 Å². The van der Waals surface area contributed by atoms with Crippen molar-refractivity contribution in [1.29, 1.82) is 0 Å². The first kappa shape index (κ1) is 18.3. The summed E-state index contributed by atoms with van der Waals surface area (Å²) < 4.78 is 10.5. The Hall–Kier alpha value is -2.54. The number of fused-ring (bicyclic) bond motifs is 1. The van der Waals surface area contributed by atoms with Crippen LogP contribution < -0.4 is 10.6 Å². The van der Waals surface area contributed by atoms with E-state index in [1.165, 1.54) is 0 Å². The van der Waals surface area contributed by atoms with Crippen LogP contribution in [-0.4, -0.2) is 48.9 Å². The fourth-order valence-corrected chi connectivity index (χ4v) is 3.19. The molecule has 2 amide bonds. The van der Waals surface area contributed by atoms with Gasteiger partial charge in [-0.1, -0.05) is 18.2 Å². The smallest absolute Gasteiger partial charge is 0.407 e. The van der Waals surface area contributed by atoms with Crippen molar-refractivity contribution in [3.63, 3.8) is 0 Å². The fourth-order valence-electron chi connectivity index (χ4n) is 3.19. The van der Waals surface area contributed by atoms with Crippen molar-refractivity contribution in [2.24, 2.45) is 0 Å². The molecule has 1 saturated heterocycles. The molecular formula is C19H25N3O4. The molecule has 140 valence electrons. The first-order chi connectivity index (χ1) is 12.7. The van der Waals surface area contributed by atoms with Crippen LogP contribution in [0.5, 0.6) is 0 Å². The Kier molecular flexibility index (Phi) is 6.12. The zero-order valence-electron chi connectivity index (χ0n) is 14.9. The Labute approximate surface area is 152 Å². The summed E-state index contributed by atoms with van der Waals surface area (Å²) in [7, 11) is 0. The average molecular weight is 359 g/mol. The third-order valence-corrected chi connectivity index (χ3v) is 4.51. The molecule has 26 heavy (non-hydrogen) atoms. The van der Waals surface area contributed by atoms with E-state index in [0.29, 0.717) is 13.0 Å². The fraction of sp³-hybridized carbons (Fsp3) is 0.474. The number of rotatable bonds is 7. The second-order valence-electron chi connectivity index (χ2n) is 6.36. The van der Waals surface area contributed by atoms with Crippen molar-refractivity contribution >= 4 is 22.9 Å². The van der Waals surface area contributed by atoms with Gasteiger partial charge >= 0.3 is 6.09 Å². The number of H-pyrrole nitrogens is 1. The van der Waals surface area contributed by atoms with E-state index in [1.807, 2.05) is 30.5 Å².